The molecule has 2 nitrogen and oxygen atoms in total. The molecule has 3 rings (SSSR count). The van der Waals surface area contributed by atoms with E-state index in [4.69, 9.17) is 4.42 Å². The molecule has 1 aliphatic carbocycles. The van der Waals surface area contributed by atoms with Gasteiger partial charge in [0.1, 0.15) is 11.4 Å². The number of rotatable bonds is 2. The van der Waals surface area contributed by atoms with Crippen molar-refractivity contribution in [3.05, 3.63) is 35.3 Å². The zero-order valence-corrected chi connectivity index (χ0v) is 10.3. The first-order valence-electron chi connectivity index (χ1n) is 6.39. The molecule has 18 heavy (non-hydrogen) atoms. The number of Topliss-reactive ketones (excluding diaryl/α,β-unsaturated/α-hetero) is 1. The highest BCUT2D eigenvalue weighted by Crippen LogP contribution is 2.32. The second-order valence-corrected chi connectivity index (χ2v) is 5.04. The summed E-state index contributed by atoms with van der Waals surface area (Å²) in [6.45, 7) is 1.87. The van der Waals surface area contributed by atoms with Crippen LogP contribution in [0.3, 0.4) is 0 Å². The van der Waals surface area contributed by atoms with Crippen molar-refractivity contribution in [3.8, 4) is 0 Å². The van der Waals surface area contributed by atoms with Crippen LogP contribution in [-0.4, -0.2) is 5.78 Å². The highest BCUT2D eigenvalue weighted by Gasteiger charge is 2.28. The average Bonchev–Trinajstić information content (AvgIpc) is 2.97. The van der Waals surface area contributed by atoms with Gasteiger partial charge >= 0.3 is 0 Å². The summed E-state index contributed by atoms with van der Waals surface area (Å²) in [6, 6.07) is 4.41. The zero-order chi connectivity index (χ0) is 12.7. The van der Waals surface area contributed by atoms with Crippen molar-refractivity contribution in [2.45, 2.75) is 32.6 Å². The van der Waals surface area contributed by atoms with E-state index < -0.39 is 0 Å². The monoisotopic (exact) mass is 246 g/mol. The van der Waals surface area contributed by atoms with Gasteiger partial charge in [0.05, 0.1) is 0 Å². The normalized spacial score (nSPS) is 16.6. The van der Waals surface area contributed by atoms with Gasteiger partial charge in [-0.25, -0.2) is 4.39 Å². The van der Waals surface area contributed by atoms with Crippen LogP contribution in [0.4, 0.5) is 4.39 Å². The van der Waals surface area contributed by atoms with E-state index in [1.54, 1.807) is 6.07 Å². The fourth-order valence-electron chi connectivity index (χ4n) is 2.81. The first-order chi connectivity index (χ1) is 8.66. The third-order valence-electron chi connectivity index (χ3n) is 3.85. The molecule has 0 spiro atoms. The minimum absolute atomic E-state index is 0.0848. The van der Waals surface area contributed by atoms with Gasteiger partial charge in [0.2, 0.25) is 5.78 Å². The van der Waals surface area contributed by atoms with Gasteiger partial charge in [-0.15, -0.1) is 0 Å². The van der Waals surface area contributed by atoms with Crippen LogP contribution < -0.4 is 0 Å². The fraction of sp³-hybridized carbons (Fsp3) is 0.400. The van der Waals surface area contributed by atoms with Crippen LogP contribution in [0.5, 0.6) is 0 Å². The number of hydrogen-bond donors (Lipinski definition) is 0. The first-order valence-corrected chi connectivity index (χ1v) is 6.39. The Morgan fingerprint density at radius 2 is 2.06 bits per heavy atom. The maximum absolute atomic E-state index is 13.1. The molecule has 0 radical (unpaired) electrons. The Kier molecular flexibility index (Phi) is 2.69. The molecule has 0 aliphatic heterocycles. The van der Waals surface area contributed by atoms with E-state index in [9.17, 15) is 9.18 Å². The van der Waals surface area contributed by atoms with Crippen LogP contribution in [0.15, 0.2) is 22.6 Å². The number of carbonyl (C=O) groups excluding carboxylic acids is 1. The van der Waals surface area contributed by atoms with Gasteiger partial charge in [-0.2, -0.15) is 0 Å². The Morgan fingerprint density at radius 1 is 1.33 bits per heavy atom. The molecular formula is C15H15FO2. The number of ketones is 1. The van der Waals surface area contributed by atoms with Gasteiger partial charge in [-0.3, -0.25) is 4.79 Å². The van der Waals surface area contributed by atoms with E-state index in [2.05, 4.69) is 0 Å². The Bertz CT molecular complexity index is 606. The van der Waals surface area contributed by atoms with Crippen molar-refractivity contribution in [1.82, 2.24) is 0 Å². The molecule has 3 heteroatoms. The van der Waals surface area contributed by atoms with Crippen LogP contribution in [0.2, 0.25) is 0 Å². The molecule has 0 amide bonds. The summed E-state index contributed by atoms with van der Waals surface area (Å²) >= 11 is 0. The minimum atomic E-state index is -0.337. The molecule has 0 atom stereocenters. The van der Waals surface area contributed by atoms with E-state index >= 15 is 0 Å². The summed E-state index contributed by atoms with van der Waals surface area (Å²) in [4.78, 5) is 12.3. The van der Waals surface area contributed by atoms with Crippen LogP contribution in [-0.2, 0) is 0 Å². The highest BCUT2D eigenvalue weighted by atomic mass is 19.1. The van der Waals surface area contributed by atoms with E-state index in [1.165, 1.54) is 12.1 Å². The predicted octanol–water partition coefficient (Wildman–Crippen LogP) is 4.25. The van der Waals surface area contributed by atoms with Gasteiger partial charge in [-0.1, -0.05) is 12.8 Å². The lowest BCUT2D eigenvalue weighted by atomic mass is 9.98. The molecule has 0 saturated heterocycles. The lowest BCUT2D eigenvalue weighted by molar-refractivity contribution is 0.0896. The maximum Gasteiger partial charge on any atom is 0.201 e. The van der Waals surface area contributed by atoms with Crippen LogP contribution in [0.1, 0.15) is 41.8 Å². The summed E-state index contributed by atoms with van der Waals surface area (Å²) in [6.07, 6.45) is 4.13. The molecule has 2 aromatic rings. The smallest absolute Gasteiger partial charge is 0.201 e. The lowest BCUT2D eigenvalue weighted by Crippen LogP contribution is -2.11. The van der Waals surface area contributed by atoms with Gasteiger partial charge in [0, 0.05) is 22.9 Å². The van der Waals surface area contributed by atoms with Gasteiger partial charge in [0.15, 0.2) is 5.76 Å². The summed E-state index contributed by atoms with van der Waals surface area (Å²) in [5.41, 5.74) is 1.30. The molecule has 0 bridgehead atoms. The van der Waals surface area contributed by atoms with Gasteiger partial charge < -0.3 is 4.42 Å². The Hall–Kier alpha value is -1.64. The number of hydrogen-bond acceptors (Lipinski definition) is 2. The Labute approximate surface area is 105 Å². The van der Waals surface area contributed by atoms with E-state index in [0.29, 0.717) is 11.3 Å². The van der Waals surface area contributed by atoms with Crippen LogP contribution in [0, 0.1) is 18.7 Å². The summed E-state index contributed by atoms with van der Waals surface area (Å²) in [7, 11) is 0. The van der Waals surface area contributed by atoms with E-state index in [-0.39, 0.29) is 17.5 Å². The second-order valence-electron chi connectivity index (χ2n) is 5.04. The lowest BCUT2D eigenvalue weighted by Gasteiger charge is -2.05. The molecule has 0 N–H and O–H groups in total. The number of fused-ring (bicyclic) bond motifs is 1. The third kappa shape index (κ3) is 1.74. The van der Waals surface area contributed by atoms with Crippen molar-refractivity contribution in [3.63, 3.8) is 0 Å². The third-order valence-corrected chi connectivity index (χ3v) is 3.85. The SMILES string of the molecule is Cc1c(C(=O)C2CCCC2)oc2cc(F)ccc12. The topological polar surface area (TPSA) is 30.2 Å². The highest BCUT2D eigenvalue weighted by molar-refractivity contribution is 6.01. The molecule has 1 heterocycles. The largest absolute Gasteiger partial charge is 0.453 e. The van der Waals surface area contributed by atoms with Crippen LogP contribution in [0.25, 0.3) is 11.0 Å². The maximum atomic E-state index is 13.1. The molecule has 94 valence electrons. The van der Waals surface area contributed by atoms with Crippen molar-refractivity contribution in [2.24, 2.45) is 5.92 Å². The standard InChI is InChI=1S/C15H15FO2/c1-9-12-7-6-11(16)8-13(12)18-15(9)14(17)10-4-2-3-5-10/h6-8,10H,2-5H2,1H3. The van der Waals surface area contributed by atoms with Gasteiger partial charge in [0.25, 0.3) is 0 Å². The summed E-state index contributed by atoms with van der Waals surface area (Å²) < 4.78 is 18.7. The molecule has 1 fully saturated rings. The number of carbonyl (C=O) groups is 1. The zero-order valence-electron chi connectivity index (χ0n) is 10.3. The van der Waals surface area contributed by atoms with Crippen molar-refractivity contribution >= 4 is 16.8 Å². The molecule has 0 unspecified atom stereocenters. The van der Waals surface area contributed by atoms with Gasteiger partial charge in [-0.05, 0) is 31.9 Å². The number of furan rings is 1. The van der Waals surface area contributed by atoms with E-state index in [1.807, 2.05) is 6.92 Å². The molecule has 1 saturated carbocycles. The molecule has 1 aromatic heterocycles. The summed E-state index contributed by atoms with van der Waals surface area (Å²) in [5.74, 6) is 0.259. The van der Waals surface area contributed by atoms with Crippen molar-refractivity contribution in [1.29, 1.82) is 0 Å². The van der Waals surface area contributed by atoms with Crippen LogP contribution >= 0.6 is 0 Å². The fourth-order valence-corrected chi connectivity index (χ4v) is 2.81. The van der Waals surface area contributed by atoms with Crippen molar-refractivity contribution in [2.75, 3.05) is 0 Å². The van der Waals surface area contributed by atoms with E-state index in [0.717, 1.165) is 36.6 Å². The number of halogens is 1. The van der Waals surface area contributed by atoms with Crippen molar-refractivity contribution < 1.29 is 13.6 Å². The molecule has 1 aromatic carbocycles. The Morgan fingerprint density at radius 3 is 2.78 bits per heavy atom. The number of benzene rings is 1. The quantitative estimate of drug-likeness (QED) is 0.741. The predicted molar refractivity (Wildman–Crippen MR) is 67.2 cm³/mol. The first kappa shape index (κ1) is 11.5. The average molecular weight is 246 g/mol. The molecular weight excluding hydrogens is 231 g/mol. The molecule has 1 aliphatic rings. The Balaban J connectivity index is 2.06. The second kappa shape index (κ2) is 4.23. The minimum Gasteiger partial charge on any atom is -0.453 e. The summed E-state index contributed by atoms with van der Waals surface area (Å²) in [5, 5.41) is 0.831. The number of aryl methyl sites for hydroxylation is 1.